The number of carbonyl (C=O) groups excluding carboxylic acids is 1. The molecule has 1 aromatic carbocycles. The molecule has 4 rings (SSSR count). The van der Waals surface area contributed by atoms with Crippen molar-refractivity contribution < 1.29 is 14.7 Å². The molecule has 0 saturated heterocycles. The van der Waals surface area contributed by atoms with E-state index in [4.69, 9.17) is 4.98 Å². The van der Waals surface area contributed by atoms with E-state index in [-0.39, 0.29) is 12.5 Å². The highest BCUT2D eigenvalue weighted by Crippen LogP contribution is 2.41. The van der Waals surface area contributed by atoms with Gasteiger partial charge in [-0.1, -0.05) is 31.9 Å². The first-order valence-electron chi connectivity index (χ1n) is 10.6. The topological polar surface area (TPSA) is 99.8 Å². The van der Waals surface area contributed by atoms with Gasteiger partial charge in [-0.3, -0.25) is 9.69 Å². The molecule has 1 aliphatic rings. The largest absolute Gasteiger partial charge is 0.465 e. The lowest BCUT2D eigenvalue weighted by Crippen LogP contribution is -2.31. The predicted octanol–water partition coefficient (Wildman–Crippen LogP) is 4.38. The van der Waals surface area contributed by atoms with Crippen molar-refractivity contribution in [3.63, 3.8) is 0 Å². The summed E-state index contributed by atoms with van der Waals surface area (Å²) in [5, 5.41) is 17.2. The third-order valence-electron chi connectivity index (χ3n) is 5.39. The summed E-state index contributed by atoms with van der Waals surface area (Å²) >= 11 is 0. The van der Waals surface area contributed by atoms with Gasteiger partial charge in [-0.15, -0.1) is 0 Å². The smallest absolute Gasteiger partial charge is 0.413 e. The first-order chi connectivity index (χ1) is 15.4. The number of hydrogen-bond donors (Lipinski definition) is 2. The van der Waals surface area contributed by atoms with E-state index < -0.39 is 12.0 Å². The number of hydrogen-bond acceptors (Lipinski definition) is 4. The van der Waals surface area contributed by atoms with Gasteiger partial charge in [-0.2, -0.15) is 9.61 Å². The van der Waals surface area contributed by atoms with Gasteiger partial charge in [-0.05, 0) is 49.3 Å². The van der Waals surface area contributed by atoms with E-state index in [0.29, 0.717) is 23.1 Å². The van der Waals surface area contributed by atoms with Gasteiger partial charge in [0.25, 0.3) is 5.91 Å². The van der Waals surface area contributed by atoms with E-state index in [0.717, 1.165) is 29.7 Å². The summed E-state index contributed by atoms with van der Waals surface area (Å²) in [5.41, 5.74) is 3.87. The fourth-order valence-corrected chi connectivity index (χ4v) is 3.62. The minimum absolute atomic E-state index is 0.0958. The van der Waals surface area contributed by atoms with E-state index in [1.165, 1.54) is 4.90 Å². The van der Waals surface area contributed by atoms with Crippen LogP contribution in [0.3, 0.4) is 0 Å². The zero-order valence-electron chi connectivity index (χ0n) is 18.3. The lowest BCUT2D eigenvalue weighted by molar-refractivity contribution is -0.111. The molecule has 2 N–H and O–H groups in total. The van der Waals surface area contributed by atoms with Crippen LogP contribution in [-0.2, 0) is 11.3 Å². The predicted molar refractivity (Wildman–Crippen MR) is 122 cm³/mol. The molecule has 8 nitrogen and oxygen atoms in total. The van der Waals surface area contributed by atoms with E-state index in [1.807, 2.05) is 12.1 Å². The molecule has 0 atom stereocenters. The average molecular weight is 431 g/mol. The van der Waals surface area contributed by atoms with Crippen molar-refractivity contribution in [3.8, 4) is 11.8 Å². The molecule has 2 heterocycles. The molecular formula is C24H25N5O3. The second-order valence-electron chi connectivity index (χ2n) is 8.20. The normalized spacial score (nSPS) is 13.0. The van der Waals surface area contributed by atoms with Crippen molar-refractivity contribution in [2.45, 2.75) is 52.0 Å². The maximum Gasteiger partial charge on any atom is 0.413 e. The summed E-state index contributed by atoms with van der Waals surface area (Å²) in [5.74, 6) is 5.61. The number of carboxylic acid groups (broad SMARTS) is 1. The van der Waals surface area contributed by atoms with E-state index in [9.17, 15) is 14.7 Å². The minimum atomic E-state index is -1.09. The Morgan fingerprint density at radius 1 is 1.31 bits per heavy atom. The van der Waals surface area contributed by atoms with Gasteiger partial charge in [0.2, 0.25) is 0 Å². The number of rotatable bonds is 6. The van der Waals surface area contributed by atoms with Crippen LogP contribution in [0.2, 0.25) is 0 Å². The molecule has 2 aromatic heterocycles. The van der Waals surface area contributed by atoms with Crippen LogP contribution >= 0.6 is 0 Å². The molecule has 32 heavy (non-hydrogen) atoms. The van der Waals surface area contributed by atoms with Crippen LogP contribution in [0.25, 0.3) is 5.65 Å². The molecule has 0 radical (unpaired) electrons. The van der Waals surface area contributed by atoms with Crippen LogP contribution in [0.4, 0.5) is 16.3 Å². The highest BCUT2D eigenvalue weighted by atomic mass is 16.4. The zero-order valence-corrected chi connectivity index (χ0v) is 18.3. The van der Waals surface area contributed by atoms with Crippen LogP contribution in [0.15, 0.2) is 36.5 Å². The highest BCUT2D eigenvalue weighted by molar-refractivity contribution is 6.03. The van der Waals surface area contributed by atoms with Crippen molar-refractivity contribution in [2.75, 3.05) is 10.2 Å². The fraction of sp³-hybridized carbons (Fsp3) is 0.333. The third-order valence-corrected chi connectivity index (χ3v) is 5.39. The maximum absolute atomic E-state index is 12.3. The first kappa shape index (κ1) is 21.4. The molecule has 0 aliphatic heterocycles. The number of benzene rings is 1. The van der Waals surface area contributed by atoms with E-state index >= 15 is 0 Å². The van der Waals surface area contributed by atoms with Crippen LogP contribution in [-0.4, -0.2) is 31.7 Å². The Hall–Kier alpha value is -3.86. The molecule has 1 saturated carbocycles. The minimum Gasteiger partial charge on any atom is -0.465 e. The molecule has 0 spiro atoms. The van der Waals surface area contributed by atoms with Crippen molar-refractivity contribution in [1.29, 1.82) is 0 Å². The van der Waals surface area contributed by atoms with Gasteiger partial charge in [0.15, 0.2) is 5.65 Å². The fourth-order valence-electron chi connectivity index (χ4n) is 3.62. The van der Waals surface area contributed by atoms with Crippen molar-refractivity contribution in [3.05, 3.63) is 53.3 Å². The molecule has 8 heteroatoms. The molecule has 1 fully saturated rings. The number of nitrogens with zero attached hydrogens (tertiary/aromatic N) is 4. The van der Waals surface area contributed by atoms with Gasteiger partial charge in [0.1, 0.15) is 5.82 Å². The Bertz CT molecular complexity index is 1250. The summed E-state index contributed by atoms with van der Waals surface area (Å²) in [6.45, 7) is 5.82. The number of nitrogens with one attached hydrogen (secondary N) is 1. The van der Waals surface area contributed by atoms with Gasteiger partial charge in [-0.25, -0.2) is 9.78 Å². The lowest BCUT2D eigenvalue weighted by Gasteiger charge is -2.21. The molecule has 1 aliphatic carbocycles. The Balaban J connectivity index is 1.73. The van der Waals surface area contributed by atoms with Crippen LogP contribution in [0, 0.1) is 11.8 Å². The number of fused-ring (bicyclic) bond motifs is 1. The monoisotopic (exact) mass is 431 g/mol. The molecule has 3 aromatic rings. The van der Waals surface area contributed by atoms with Crippen LogP contribution in [0.1, 0.15) is 62.3 Å². The summed E-state index contributed by atoms with van der Waals surface area (Å²) in [7, 11) is 0. The molecular weight excluding hydrogens is 406 g/mol. The lowest BCUT2D eigenvalue weighted by atomic mass is 10.1. The summed E-state index contributed by atoms with van der Waals surface area (Å²) in [4.78, 5) is 30.2. The average Bonchev–Trinajstić information content (AvgIpc) is 3.50. The van der Waals surface area contributed by atoms with Crippen LogP contribution < -0.4 is 10.2 Å². The van der Waals surface area contributed by atoms with Gasteiger partial charge in [0.05, 0.1) is 12.7 Å². The van der Waals surface area contributed by atoms with Gasteiger partial charge in [0, 0.05) is 28.9 Å². The van der Waals surface area contributed by atoms with Crippen molar-refractivity contribution in [1.82, 2.24) is 14.6 Å². The summed E-state index contributed by atoms with van der Waals surface area (Å²) in [6.07, 6.45) is 2.79. The Morgan fingerprint density at radius 2 is 2.09 bits per heavy atom. The summed E-state index contributed by atoms with van der Waals surface area (Å²) in [6, 6.07) is 8.90. The number of carbonyl (C=O) groups is 2. The molecule has 2 amide bonds. The quantitative estimate of drug-likeness (QED) is 0.565. The second-order valence-corrected chi connectivity index (χ2v) is 8.20. The van der Waals surface area contributed by atoms with Crippen molar-refractivity contribution >= 4 is 29.2 Å². The van der Waals surface area contributed by atoms with Gasteiger partial charge >= 0.3 is 6.09 Å². The second kappa shape index (κ2) is 8.71. The molecule has 0 bridgehead atoms. The summed E-state index contributed by atoms with van der Waals surface area (Å²) < 4.78 is 1.61. The zero-order chi connectivity index (χ0) is 22.8. The third kappa shape index (κ3) is 4.42. The molecule has 0 unspecified atom stereocenters. The van der Waals surface area contributed by atoms with E-state index in [2.05, 4.69) is 36.1 Å². The Labute approximate surface area is 186 Å². The number of amides is 2. The maximum atomic E-state index is 12.3. The van der Waals surface area contributed by atoms with E-state index in [1.54, 1.807) is 35.8 Å². The SMILES string of the molecule is CC#CC(=O)Nc1cccc(CN(C(=O)O)c2cc(C3CC3)nc3c(C(C)C)cnn23)c1. The molecule has 164 valence electrons. The van der Waals surface area contributed by atoms with Gasteiger partial charge < -0.3 is 10.4 Å². The Morgan fingerprint density at radius 3 is 2.75 bits per heavy atom. The van der Waals surface area contributed by atoms with Crippen LogP contribution in [0.5, 0.6) is 0 Å². The first-order valence-corrected chi connectivity index (χ1v) is 10.6. The highest BCUT2D eigenvalue weighted by Gasteiger charge is 2.29. The Kier molecular flexibility index (Phi) is 5.82. The number of anilines is 2. The van der Waals surface area contributed by atoms with Crippen molar-refractivity contribution in [2.24, 2.45) is 0 Å². The number of aromatic nitrogens is 3. The standard InChI is InChI=1S/C24H25N5O3/c1-4-6-21(30)26-18-8-5-7-16(11-18)14-28(24(31)32)22-12-20(17-9-10-17)27-23-19(15(2)3)13-25-29(22)23/h5,7-8,11-13,15,17H,9-10,14H2,1-3H3,(H,26,30)(H,31,32).